The number of benzene rings is 1. The Balaban J connectivity index is 1.69. The van der Waals surface area contributed by atoms with Crippen LogP contribution in [0.1, 0.15) is 27.1 Å². The van der Waals surface area contributed by atoms with Crippen LogP contribution in [0.2, 0.25) is 9.49 Å². The number of hydrogen-bond acceptors (Lipinski definition) is 4. The second-order valence-corrected chi connectivity index (χ2v) is 7.30. The Bertz CT molecular complexity index is 778. The van der Waals surface area contributed by atoms with E-state index < -0.39 is 0 Å². The summed E-state index contributed by atoms with van der Waals surface area (Å²) in [5, 5.41) is 0.100. The van der Waals surface area contributed by atoms with Gasteiger partial charge in [0.15, 0.2) is 5.15 Å². The number of halogens is 3. The zero-order valence-electron chi connectivity index (χ0n) is 13.0. The third-order valence-corrected chi connectivity index (χ3v) is 5.39. The van der Waals surface area contributed by atoms with E-state index in [-0.39, 0.29) is 32.7 Å². The van der Waals surface area contributed by atoms with Crippen molar-refractivity contribution in [2.45, 2.75) is 6.42 Å². The van der Waals surface area contributed by atoms with E-state index in [1.165, 1.54) is 24.3 Å². The topological polar surface area (TPSA) is 53.5 Å². The van der Waals surface area contributed by atoms with Gasteiger partial charge >= 0.3 is 0 Å². The lowest BCUT2D eigenvalue weighted by molar-refractivity contribution is 0.0719. The molecular weight excluding hydrogens is 388 g/mol. The van der Waals surface area contributed by atoms with Crippen molar-refractivity contribution in [1.29, 1.82) is 0 Å². The lowest BCUT2D eigenvalue weighted by atomic mass is 10.2. The van der Waals surface area contributed by atoms with Crippen molar-refractivity contribution in [2.75, 3.05) is 26.2 Å². The minimum atomic E-state index is -0.387. The molecule has 0 aliphatic carbocycles. The Hall–Kier alpha value is -1.70. The molecule has 25 heavy (non-hydrogen) atoms. The Labute approximate surface area is 158 Å². The number of nitrogens with zero attached hydrogens (tertiary/aromatic N) is 3. The monoisotopic (exact) mass is 401 g/mol. The standard InChI is InChI=1S/C16H14Cl2FN3O2S/c17-13-12(14(18)25-20-13)16(24)22-7-1-6-21(8-9-22)15(23)10-2-4-11(19)5-3-10/h2-5H,1,6-9H2. The molecule has 1 aromatic carbocycles. The predicted octanol–water partition coefficient (Wildman–Crippen LogP) is 3.58. The van der Waals surface area contributed by atoms with Crippen LogP contribution in [0.3, 0.4) is 0 Å². The maximum absolute atomic E-state index is 13.0. The van der Waals surface area contributed by atoms with Gasteiger partial charge in [0, 0.05) is 31.7 Å². The van der Waals surface area contributed by atoms with Gasteiger partial charge in [0.2, 0.25) is 0 Å². The number of carbonyl (C=O) groups is 2. The number of amides is 2. The molecule has 1 aromatic heterocycles. The fraction of sp³-hybridized carbons (Fsp3) is 0.312. The fourth-order valence-corrected chi connectivity index (χ4v) is 3.87. The second kappa shape index (κ2) is 7.68. The molecule has 2 amide bonds. The molecule has 1 saturated heterocycles. The van der Waals surface area contributed by atoms with Gasteiger partial charge in [-0.05, 0) is 42.2 Å². The molecule has 0 spiro atoms. The minimum Gasteiger partial charge on any atom is -0.337 e. The van der Waals surface area contributed by atoms with Crippen molar-refractivity contribution >= 4 is 46.5 Å². The van der Waals surface area contributed by atoms with Gasteiger partial charge in [0.05, 0.1) is 0 Å². The molecule has 2 aromatic rings. The van der Waals surface area contributed by atoms with Crippen LogP contribution in [-0.4, -0.2) is 52.2 Å². The molecule has 0 radical (unpaired) electrons. The van der Waals surface area contributed by atoms with Crippen molar-refractivity contribution in [2.24, 2.45) is 0 Å². The smallest absolute Gasteiger partial charge is 0.259 e. The molecule has 1 aliphatic rings. The molecule has 0 bridgehead atoms. The van der Waals surface area contributed by atoms with Crippen LogP contribution >= 0.6 is 34.7 Å². The maximum atomic E-state index is 13.0. The van der Waals surface area contributed by atoms with Gasteiger partial charge in [-0.25, -0.2) is 4.39 Å². The first-order valence-corrected chi connectivity index (χ1v) is 9.15. The number of hydrogen-bond donors (Lipinski definition) is 0. The van der Waals surface area contributed by atoms with Crippen molar-refractivity contribution in [3.63, 3.8) is 0 Å². The summed E-state index contributed by atoms with van der Waals surface area (Å²) in [5.74, 6) is -0.843. The highest BCUT2D eigenvalue weighted by Crippen LogP contribution is 2.29. The van der Waals surface area contributed by atoms with E-state index in [1.807, 2.05) is 0 Å². The minimum absolute atomic E-state index is 0.100. The van der Waals surface area contributed by atoms with Gasteiger partial charge in [-0.1, -0.05) is 23.2 Å². The lowest BCUT2D eigenvalue weighted by Crippen LogP contribution is -2.37. The Morgan fingerprint density at radius 2 is 1.60 bits per heavy atom. The second-order valence-electron chi connectivity index (χ2n) is 5.57. The van der Waals surface area contributed by atoms with E-state index >= 15 is 0 Å². The van der Waals surface area contributed by atoms with Crippen LogP contribution in [0.15, 0.2) is 24.3 Å². The molecule has 5 nitrogen and oxygen atoms in total. The molecule has 9 heteroatoms. The first kappa shape index (κ1) is 18.1. The highest BCUT2D eigenvalue weighted by molar-refractivity contribution is 7.11. The van der Waals surface area contributed by atoms with Gasteiger partial charge in [-0.2, -0.15) is 4.37 Å². The molecule has 0 atom stereocenters. The van der Waals surface area contributed by atoms with Crippen LogP contribution in [-0.2, 0) is 0 Å². The predicted molar refractivity (Wildman–Crippen MR) is 95.0 cm³/mol. The van der Waals surface area contributed by atoms with Crippen LogP contribution in [0, 0.1) is 5.82 Å². The summed E-state index contributed by atoms with van der Waals surface area (Å²) in [6.45, 7) is 1.76. The van der Waals surface area contributed by atoms with E-state index in [4.69, 9.17) is 23.2 Å². The first-order valence-electron chi connectivity index (χ1n) is 7.62. The Kier molecular flexibility index (Phi) is 5.56. The van der Waals surface area contributed by atoms with Gasteiger partial charge in [-0.3, -0.25) is 9.59 Å². The summed E-state index contributed by atoms with van der Waals surface area (Å²) in [7, 11) is 0. The Morgan fingerprint density at radius 3 is 2.16 bits per heavy atom. The van der Waals surface area contributed by atoms with Crippen molar-refractivity contribution in [3.05, 3.63) is 50.7 Å². The van der Waals surface area contributed by atoms with Crippen molar-refractivity contribution < 1.29 is 14.0 Å². The third-order valence-electron chi connectivity index (χ3n) is 3.98. The molecule has 132 valence electrons. The summed E-state index contributed by atoms with van der Waals surface area (Å²) in [5.41, 5.74) is 0.640. The first-order chi connectivity index (χ1) is 12.0. The number of aromatic nitrogens is 1. The summed E-state index contributed by atoms with van der Waals surface area (Å²) >= 11 is 12.9. The van der Waals surface area contributed by atoms with Gasteiger partial charge in [-0.15, -0.1) is 0 Å². The van der Waals surface area contributed by atoms with Crippen LogP contribution in [0.5, 0.6) is 0 Å². The van der Waals surface area contributed by atoms with Gasteiger partial charge in [0.25, 0.3) is 11.8 Å². The molecular formula is C16H14Cl2FN3O2S. The normalized spacial score (nSPS) is 15.2. The highest BCUT2D eigenvalue weighted by Gasteiger charge is 2.27. The summed E-state index contributed by atoms with van der Waals surface area (Å²) < 4.78 is 17.1. The molecule has 3 rings (SSSR count). The summed E-state index contributed by atoms with van der Waals surface area (Å²) in [6.07, 6.45) is 0.630. The molecule has 1 fully saturated rings. The average molecular weight is 402 g/mol. The third kappa shape index (κ3) is 3.94. The fourth-order valence-electron chi connectivity index (χ4n) is 2.68. The SMILES string of the molecule is O=C(c1ccc(F)cc1)N1CCCN(C(=O)c2c(Cl)nsc2Cl)CC1. The van der Waals surface area contributed by atoms with Crippen LogP contribution in [0.4, 0.5) is 4.39 Å². The zero-order chi connectivity index (χ0) is 18.0. The molecule has 0 saturated carbocycles. The molecule has 0 N–H and O–H groups in total. The van der Waals surface area contributed by atoms with E-state index in [0.29, 0.717) is 38.2 Å². The summed E-state index contributed by atoms with van der Waals surface area (Å²) in [6, 6.07) is 5.44. The summed E-state index contributed by atoms with van der Waals surface area (Å²) in [4.78, 5) is 28.4. The molecule has 2 heterocycles. The average Bonchev–Trinajstić information content (AvgIpc) is 2.80. The maximum Gasteiger partial charge on any atom is 0.259 e. The van der Waals surface area contributed by atoms with Gasteiger partial charge < -0.3 is 9.80 Å². The van der Waals surface area contributed by atoms with E-state index in [9.17, 15) is 14.0 Å². The number of carbonyl (C=O) groups excluding carboxylic acids is 2. The van der Waals surface area contributed by atoms with E-state index in [1.54, 1.807) is 9.80 Å². The Morgan fingerprint density at radius 1 is 1.00 bits per heavy atom. The quantitative estimate of drug-likeness (QED) is 0.772. The molecule has 1 aliphatic heterocycles. The van der Waals surface area contributed by atoms with E-state index in [2.05, 4.69) is 4.37 Å². The van der Waals surface area contributed by atoms with E-state index in [0.717, 1.165) is 11.5 Å². The van der Waals surface area contributed by atoms with Crippen molar-refractivity contribution in [1.82, 2.24) is 14.2 Å². The molecule has 0 unspecified atom stereocenters. The van der Waals surface area contributed by atoms with Crippen molar-refractivity contribution in [3.8, 4) is 0 Å². The van der Waals surface area contributed by atoms with Crippen LogP contribution < -0.4 is 0 Å². The zero-order valence-corrected chi connectivity index (χ0v) is 15.4. The highest BCUT2D eigenvalue weighted by atomic mass is 35.5. The largest absolute Gasteiger partial charge is 0.337 e. The van der Waals surface area contributed by atoms with Crippen LogP contribution in [0.25, 0.3) is 0 Å². The number of rotatable bonds is 2. The van der Waals surface area contributed by atoms with Gasteiger partial charge in [0.1, 0.15) is 15.7 Å². The lowest BCUT2D eigenvalue weighted by Gasteiger charge is -2.22.